The third-order valence-corrected chi connectivity index (χ3v) is 8.42. The number of fused-ring (bicyclic) bond motifs is 1. The molecule has 3 atom stereocenters. The lowest BCUT2D eigenvalue weighted by molar-refractivity contribution is -0.689. The number of hydrogen-bond donors (Lipinski definition) is 6. The van der Waals surface area contributed by atoms with Crippen LogP contribution in [0.25, 0.3) is 0 Å². The van der Waals surface area contributed by atoms with Gasteiger partial charge in [-0.15, -0.1) is 11.8 Å². The van der Waals surface area contributed by atoms with Crippen LogP contribution in [-0.4, -0.2) is 85.2 Å². The van der Waals surface area contributed by atoms with Gasteiger partial charge >= 0.3 is 11.9 Å². The number of halogens is 1. The van der Waals surface area contributed by atoms with Crippen molar-refractivity contribution in [2.45, 2.75) is 31.0 Å². The molecule has 2 aromatic rings. The Bertz CT molecular complexity index is 1560. The summed E-state index contributed by atoms with van der Waals surface area (Å²) in [5, 5.41) is 24.4. The van der Waals surface area contributed by atoms with Gasteiger partial charge in [-0.2, -0.15) is 0 Å². The fourth-order valence-corrected chi connectivity index (χ4v) is 6.21. The van der Waals surface area contributed by atoms with Crippen molar-refractivity contribution in [1.29, 1.82) is 0 Å². The second kappa shape index (κ2) is 13.0. The molecular weight excluding hydrogens is 632 g/mol. The van der Waals surface area contributed by atoms with Gasteiger partial charge in [0.15, 0.2) is 29.8 Å². The number of carboxylic acid groups (broad SMARTS) is 2. The van der Waals surface area contributed by atoms with E-state index in [1.54, 1.807) is 4.57 Å². The number of carbonyl (C=O) groups excluding carboxylic acids is 4. The highest BCUT2D eigenvalue weighted by atomic mass is 35.5. The largest absolute Gasteiger partial charge is 0.478 e. The average molecular weight is 654 g/mol. The molecule has 0 unspecified atom stereocenters. The number of anilines is 1. The van der Waals surface area contributed by atoms with Gasteiger partial charge in [-0.25, -0.2) is 19.1 Å². The number of carboxylic acids is 2. The Balaban J connectivity index is 1.52. The number of thiazole rings is 1. The van der Waals surface area contributed by atoms with Crippen LogP contribution in [0.3, 0.4) is 0 Å². The fraction of sp³-hybridized carbons (Fsp3) is 0.261. The van der Waals surface area contributed by atoms with Gasteiger partial charge in [-0.1, -0.05) is 28.1 Å². The van der Waals surface area contributed by atoms with E-state index in [0.29, 0.717) is 12.0 Å². The van der Waals surface area contributed by atoms with Crippen LogP contribution in [0.15, 0.2) is 41.0 Å². The van der Waals surface area contributed by atoms with Crippen molar-refractivity contribution in [3.8, 4) is 0 Å². The fourth-order valence-electron chi connectivity index (χ4n) is 3.95. The molecule has 1 fully saturated rings. The number of nitrogen functional groups attached to an aromatic ring is 1. The lowest BCUT2D eigenvalue weighted by atomic mass is 10.0. The zero-order valence-corrected chi connectivity index (χ0v) is 24.2. The Labute approximate surface area is 254 Å². The summed E-state index contributed by atoms with van der Waals surface area (Å²) < 4.78 is 1.58. The summed E-state index contributed by atoms with van der Waals surface area (Å²) in [4.78, 5) is 81.9. The van der Waals surface area contributed by atoms with Crippen molar-refractivity contribution in [1.82, 2.24) is 26.1 Å². The highest BCUT2D eigenvalue weighted by molar-refractivity contribution is 8.00. The summed E-state index contributed by atoms with van der Waals surface area (Å²) in [6, 6.07) is 1.77. The van der Waals surface area contributed by atoms with Gasteiger partial charge in [0, 0.05) is 23.5 Å². The average Bonchev–Trinajstić information content (AvgIpc) is 3.31. The molecule has 4 amide bonds. The van der Waals surface area contributed by atoms with Crippen LogP contribution in [0.4, 0.5) is 5.13 Å². The maximum absolute atomic E-state index is 13.2. The maximum atomic E-state index is 13.2. The number of oxime groups is 1. The van der Waals surface area contributed by atoms with Crippen molar-refractivity contribution < 1.29 is 48.4 Å². The Hall–Kier alpha value is -4.75. The molecule has 0 aliphatic carbocycles. The highest BCUT2D eigenvalue weighted by Crippen LogP contribution is 2.40. The summed E-state index contributed by atoms with van der Waals surface area (Å²) in [5.41, 5.74) is 9.55. The van der Waals surface area contributed by atoms with Crippen LogP contribution >= 0.6 is 34.7 Å². The number of aromatic nitrogens is 2. The highest BCUT2D eigenvalue weighted by Gasteiger charge is 2.55. The number of rotatable bonds is 12. The number of aliphatic carboxylic acids is 2. The second-order valence-electron chi connectivity index (χ2n) is 8.79. The molecule has 0 saturated carbocycles. The van der Waals surface area contributed by atoms with Gasteiger partial charge < -0.3 is 26.1 Å². The minimum absolute atomic E-state index is 0.00466. The lowest BCUT2D eigenvalue weighted by Gasteiger charge is -2.49. The molecule has 0 bridgehead atoms. The standard InChI is InChI=1S/C23H21ClN8O9S2/c1-9(21(37)38)41-30-13(12-16(24)43-23(25)28-12)18(35)27-14-19(36)32-15(22(39)40)11(7-42-20(14)32)6-31-4-2-10(3-5-31)17(34)29-26-8-33/h2-5,8-9,14,20H,6-7H2,1H3,(H6,25,27,28,34,35,37,38,39,40)/p+1/t9-,14+,20+/m0/s1. The number of β-lactam (4-membered cyclic amide) rings is 1. The van der Waals surface area contributed by atoms with E-state index >= 15 is 0 Å². The number of pyridine rings is 1. The molecule has 1 saturated heterocycles. The Kier molecular flexibility index (Phi) is 9.46. The SMILES string of the molecule is C[C@H](ON=C(C(=O)N[C@@H]1C(=O)N2C(C(=O)O)=C(C[n+]3ccc(C(=O)NNC=O)cc3)CS[C@H]12)c1nc(N)sc1Cl)C(=O)O. The molecule has 2 aliphatic rings. The first kappa shape index (κ1) is 31.2. The molecule has 4 heterocycles. The molecular formula is C23H22ClN8O9S2+. The van der Waals surface area contributed by atoms with Gasteiger partial charge in [0.25, 0.3) is 17.7 Å². The number of thioether (sulfide) groups is 1. The first-order valence-corrected chi connectivity index (χ1v) is 14.3. The lowest BCUT2D eigenvalue weighted by Crippen LogP contribution is -2.71. The van der Waals surface area contributed by atoms with Gasteiger partial charge in [0.2, 0.25) is 12.5 Å². The van der Waals surface area contributed by atoms with Crippen molar-refractivity contribution in [3.05, 3.63) is 51.4 Å². The summed E-state index contributed by atoms with van der Waals surface area (Å²) in [5.74, 6) is -4.75. The molecule has 0 aromatic carbocycles. The van der Waals surface area contributed by atoms with E-state index in [4.69, 9.17) is 27.3 Å². The van der Waals surface area contributed by atoms with Crippen LogP contribution in [0.1, 0.15) is 23.0 Å². The Morgan fingerprint density at radius 2 is 2.02 bits per heavy atom. The molecule has 4 rings (SSSR count). The van der Waals surface area contributed by atoms with E-state index in [9.17, 15) is 33.9 Å². The van der Waals surface area contributed by atoms with Crippen LogP contribution in [-0.2, 0) is 35.4 Å². The molecule has 226 valence electrons. The van der Waals surface area contributed by atoms with Crippen LogP contribution in [0.5, 0.6) is 0 Å². The molecule has 2 aromatic heterocycles. The first-order valence-electron chi connectivity index (χ1n) is 12.0. The van der Waals surface area contributed by atoms with E-state index in [-0.39, 0.29) is 38.7 Å². The predicted octanol–water partition coefficient (Wildman–Crippen LogP) is -1.31. The summed E-state index contributed by atoms with van der Waals surface area (Å²) >= 11 is 8.17. The second-order valence-corrected chi connectivity index (χ2v) is 11.5. The minimum atomic E-state index is -1.43. The monoisotopic (exact) mass is 653 g/mol. The third kappa shape index (κ3) is 6.68. The molecule has 0 spiro atoms. The quantitative estimate of drug-likeness (QED) is 0.0514. The van der Waals surface area contributed by atoms with Gasteiger partial charge in [-0.3, -0.25) is 34.9 Å². The Morgan fingerprint density at radius 1 is 1.33 bits per heavy atom. The number of hydrogen-bond acceptors (Lipinski definition) is 12. The summed E-state index contributed by atoms with van der Waals surface area (Å²) in [6.45, 7) is 1.26. The number of hydrazine groups is 1. The summed E-state index contributed by atoms with van der Waals surface area (Å²) in [6.07, 6.45) is 1.94. The van der Waals surface area contributed by atoms with Gasteiger partial charge in [0.1, 0.15) is 27.1 Å². The maximum Gasteiger partial charge on any atom is 0.352 e. The molecule has 17 nitrogen and oxygen atoms in total. The van der Waals surface area contributed by atoms with E-state index in [0.717, 1.165) is 16.2 Å². The molecule has 2 aliphatic heterocycles. The van der Waals surface area contributed by atoms with Crippen molar-refractivity contribution in [2.24, 2.45) is 5.16 Å². The number of nitrogens with one attached hydrogen (secondary N) is 3. The molecule has 7 N–H and O–H groups in total. The number of amides is 4. The number of nitrogens with two attached hydrogens (primary N) is 1. The van der Waals surface area contributed by atoms with E-state index < -0.39 is 52.9 Å². The van der Waals surface area contributed by atoms with Gasteiger partial charge in [0.05, 0.1) is 5.56 Å². The minimum Gasteiger partial charge on any atom is -0.478 e. The van der Waals surface area contributed by atoms with Gasteiger partial charge in [-0.05, 0) is 6.92 Å². The third-order valence-electron chi connectivity index (χ3n) is 6.00. The molecule has 20 heteroatoms. The normalized spacial score (nSPS) is 18.6. The van der Waals surface area contributed by atoms with E-state index in [2.05, 4.69) is 20.9 Å². The zero-order valence-electron chi connectivity index (χ0n) is 21.8. The van der Waals surface area contributed by atoms with E-state index in [1.165, 1.54) is 43.2 Å². The first-order chi connectivity index (χ1) is 20.4. The topological polar surface area (TPSA) is 247 Å². The Morgan fingerprint density at radius 3 is 2.60 bits per heavy atom. The van der Waals surface area contributed by atoms with Crippen LogP contribution in [0, 0.1) is 0 Å². The zero-order chi connectivity index (χ0) is 31.4. The van der Waals surface area contributed by atoms with Crippen LogP contribution < -0.4 is 26.5 Å². The number of carbonyl (C=O) groups is 6. The molecule has 43 heavy (non-hydrogen) atoms. The molecule has 0 radical (unpaired) electrons. The predicted molar refractivity (Wildman–Crippen MR) is 149 cm³/mol. The smallest absolute Gasteiger partial charge is 0.352 e. The summed E-state index contributed by atoms with van der Waals surface area (Å²) in [7, 11) is 0. The number of nitrogens with zero attached hydrogens (tertiary/aromatic N) is 4. The van der Waals surface area contributed by atoms with E-state index in [1.807, 2.05) is 5.43 Å². The van der Waals surface area contributed by atoms with Crippen molar-refractivity contribution >= 4 is 81.6 Å². The van der Waals surface area contributed by atoms with Crippen LogP contribution in [0.2, 0.25) is 4.34 Å². The van der Waals surface area contributed by atoms with Crippen molar-refractivity contribution in [3.63, 3.8) is 0 Å². The van der Waals surface area contributed by atoms with Crippen molar-refractivity contribution in [2.75, 3.05) is 11.5 Å².